The number of aryl methyl sites for hydroxylation is 1. The van der Waals surface area contributed by atoms with Crippen LogP contribution in [-0.2, 0) is 24.0 Å². The smallest absolute Gasteiger partial charge is 0.270 e. The first-order valence-electron chi connectivity index (χ1n) is 10.1. The van der Waals surface area contributed by atoms with Gasteiger partial charge in [-0.2, -0.15) is 0 Å². The number of carbonyl (C=O) groups excluding carboxylic acids is 1. The summed E-state index contributed by atoms with van der Waals surface area (Å²) in [5.41, 5.74) is 5.22. The Bertz CT molecular complexity index is 830. The number of carbonyl (C=O) groups is 1. The molecule has 1 saturated heterocycles. The van der Waals surface area contributed by atoms with Gasteiger partial charge >= 0.3 is 0 Å². The molecule has 1 aliphatic heterocycles. The lowest BCUT2D eigenvalue weighted by Crippen LogP contribution is -2.39. The van der Waals surface area contributed by atoms with E-state index in [-0.39, 0.29) is 11.9 Å². The van der Waals surface area contributed by atoms with Gasteiger partial charge in [0.1, 0.15) is 5.69 Å². The zero-order valence-electron chi connectivity index (χ0n) is 16.4. The Kier molecular flexibility index (Phi) is 5.86. The van der Waals surface area contributed by atoms with Crippen LogP contribution in [-0.4, -0.2) is 42.2 Å². The second-order valence-corrected chi connectivity index (χ2v) is 7.54. The third-order valence-electron chi connectivity index (χ3n) is 5.58. The zero-order chi connectivity index (χ0) is 19.3. The van der Waals surface area contributed by atoms with E-state index in [9.17, 15) is 4.79 Å². The van der Waals surface area contributed by atoms with Crippen molar-refractivity contribution in [3.63, 3.8) is 0 Å². The van der Waals surface area contributed by atoms with Crippen LogP contribution in [0, 0.1) is 0 Å². The number of methoxy groups -OCH3 is 1. The van der Waals surface area contributed by atoms with Gasteiger partial charge in [0.05, 0.1) is 7.11 Å². The molecule has 28 heavy (non-hydrogen) atoms. The van der Waals surface area contributed by atoms with E-state index in [2.05, 4.69) is 10.3 Å². The lowest BCUT2D eigenvalue weighted by Gasteiger charge is -2.24. The van der Waals surface area contributed by atoms with Crippen LogP contribution in [0.25, 0.3) is 0 Å². The summed E-state index contributed by atoms with van der Waals surface area (Å²) in [5.74, 6) is 0.534. The summed E-state index contributed by atoms with van der Waals surface area (Å²) in [5, 5.41) is 3.14. The van der Waals surface area contributed by atoms with Crippen LogP contribution in [0.1, 0.15) is 58.6 Å². The quantitative estimate of drug-likeness (QED) is 0.862. The van der Waals surface area contributed by atoms with Crippen molar-refractivity contribution >= 4 is 5.91 Å². The molecule has 3 heterocycles. The predicted molar refractivity (Wildman–Crippen MR) is 106 cm³/mol. The van der Waals surface area contributed by atoms with E-state index in [1.807, 2.05) is 24.4 Å². The average Bonchev–Trinajstić information content (AvgIpc) is 2.75. The van der Waals surface area contributed by atoms with Gasteiger partial charge in [-0.15, -0.1) is 0 Å². The van der Waals surface area contributed by atoms with Gasteiger partial charge in [0.2, 0.25) is 5.88 Å². The van der Waals surface area contributed by atoms with Crippen LogP contribution in [0.3, 0.4) is 0 Å². The summed E-state index contributed by atoms with van der Waals surface area (Å²) in [6.07, 6.45) is 8.60. The van der Waals surface area contributed by atoms with Crippen LogP contribution in [0.15, 0.2) is 24.4 Å². The fourth-order valence-corrected chi connectivity index (χ4v) is 4.02. The fraction of sp³-hybridized carbons (Fsp3) is 0.500. The van der Waals surface area contributed by atoms with Crippen molar-refractivity contribution in [2.75, 3.05) is 20.3 Å². The largest absolute Gasteiger partial charge is 0.481 e. The van der Waals surface area contributed by atoms with E-state index in [1.54, 1.807) is 7.11 Å². The molecule has 1 fully saturated rings. The SMILES string of the molecule is COc1ccc(Cc2cc(C(=O)NC3CCOCC3)nc3c2CCCC3)cn1. The van der Waals surface area contributed by atoms with Gasteiger partial charge in [0, 0.05) is 37.2 Å². The molecule has 6 heteroatoms. The van der Waals surface area contributed by atoms with Gasteiger partial charge in [-0.1, -0.05) is 6.07 Å². The van der Waals surface area contributed by atoms with Gasteiger partial charge in [-0.25, -0.2) is 9.97 Å². The highest BCUT2D eigenvalue weighted by Crippen LogP contribution is 2.26. The van der Waals surface area contributed by atoms with Crippen molar-refractivity contribution in [3.8, 4) is 5.88 Å². The molecule has 2 aromatic rings. The van der Waals surface area contributed by atoms with E-state index >= 15 is 0 Å². The lowest BCUT2D eigenvalue weighted by atomic mass is 9.89. The third kappa shape index (κ3) is 4.33. The molecule has 4 rings (SSSR count). The molecule has 0 spiro atoms. The molecule has 0 radical (unpaired) electrons. The molecule has 1 aliphatic carbocycles. The number of nitrogens with zero attached hydrogens (tertiary/aromatic N) is 2. The molecule has 2 aromatic heterocycles. The van der Waals surface area contributed by atoms with Crippen LogP contribution >= 0.6 is 0 Å². The summed E-state index contributed by atoms with van der Waals surface area (Å²) < 4.78 is 10.5. The maximum Gasteiger partial charge on any atom is 0.270 e. The molecule has 6 nitrogen and oxygen atoms in total. The van der Waals surface area contributed by atoms with Gasteiger partial charge in [-0.3, -0.25) is 4.79 Å². The van der Waals surface area contributed by atoms with Gasteiger partial charge in [0.15, 0.2) is 0 Å². The van der Waals surface area contributed by atoms with E-state index in [1.165, 1.54) is 17.5 Å². The highest BCUT2D eigenvalue weighted by molar-refractivity contribution is 5.92. The zero-order valence-corrected chi connectivity index (χ0v) is 16.4. The predicted octanol–water partition coefficient (Wildman–Crippen LogP) is 2.86. The van der Waals surface area contributed by atoms with Gasteiger partial charge < -0.3 is 14.8 Å². The Morgan fingerprint density at radius 2 is 2.07 bits per heavy atom. The van der Waals surface area contributed by atoms with Crippen LogP contribution < -0.4 is 10.1 Å². The van der Waals surface area contributed by atoms with E-state index in [0.29, 0.717) is 24.8 Å². The molecule has 0 unspecified atom stereocenters. The highest BCUT2D eigenvalue weighted by Gasteiger charge is 2.22. The minimum Gasteiger partial charge on any atom is -0.481 e. The number of hydrogen-bond acceptors (Lipinski definition) is 5. The molecule has 1 N–H and O–H groups in total. The number of amides is 1. The minimum absolute atomic E-state index is 0.0746. The van der Waals surface area contributed by atoms with Crippen molar-refractivity contribution in [1.82, 2.24) is 15.3 Å². The summed E-state index contributed by atoms with van der Waals surface area (Å²) >= 11 is 0. The fourth-order valence-electron chi connectivity index (χ4n) is 4.02. The second kappa shape index (κ2) is 8.69. The molecule has 0 saturated carbocycles. The average molecular weight is 381 g/mol. The van der Waals surface area contributed by atoms with Crippen molar-refractivity contribution < 1.29 is 14.3 Å². The number of aromatic nitrogens is 2. The normalized spacial score (nSPS) is 17.0. The molecule has 0 bridgehead atoms. The Labute approximate surface area is 165 Å². The summed E-state index contributed by atoms with van der Waals surface area (Å²) in [4.78, 5) is 21.9. The number of rotatable bonds is 5. The van der Waals surface area contributed by atoms with E-state index < -0.39 is 0 Å². The molecule has 0 aromatic carbocycles. The molecular weight excluding hydrogens is 354 g/mol. The first-order chi connectivity index (χ1) is 13.7. The molecule has 1 amide bonds. The maximum absolute atomic E-state index is 12.8. The first kappa shape index (κ1) is 18.9. The minimum atomic E-state index is -0.0746. The molecule has 0 atom stereocenters. The maximum atomic E-state index is 12.8. The van der Waals surface area contributed by atoms with Gasteiger partial charge in [0.25, 0.3) is 5.91 Å². The molecule has 2 aliphatic rings. The Hall–Kier alpha value is -2.47. The molecule has 148 valence electrons. The van der Waals surface area contributed by atoms with Crippen LogP contribution in [0.5, 0.6) is 5.88 Å². The Morgan fingerprint density at radius 1 is 1.25 bits per heavy atom. The topological polar surface area (TPSA) is 73.3 Å². The summed E-state index contributed by atoms with van der Waals surface area (Å²) in [7, 11) is 1.62. The Morgan fingerprint density at radius 3 is 2.82 bits per heavy atom. The highest BCUT2D eigenvalue weighted by atomic mass is 16.5. The van der Waals surface area contributed by atoms with Crippen molar-refractivity contribution in [2.45, 2.75) is 51.0 Å². The van der Waals surface area contributed by atoms with Crippen molar-refractivity contribution in [3.05, 3.63) is 52.5 Å². The van der Waals surface area contributed by atoms with Crippen molar-refractivity contribution in [2.24, 2.45) is 0 Å². The van der Waals surface area contributed by atoms with Gasteiger partial charge in [-0.05, 0) is 67.7 Å². The number of ether oxygens (including phenoxy) is 2. The first-order valence-corrected chi connectivity index (χ1v) is 10.1. The number of nitrogens with one attached hydrogen (secondary N) is 1. The van der Waals surface area contributed by atoms with E-state index in [0.717, 1.165) is 49.8 Å². The number of pyridine rings is 2. The lowest BCUT2D eigenvalue weighted by molar-refractivity contribution is 0.0694. The molecular formula is C22H27N3O3. The monoisotopic (exact) mass is 381 g/mol. The van der Waals surface area contributed by atoms with Crippen molar-refractivity contribution in [1.29, 1.82) is 0 Å². The third-order valence-corrected chi connectivity index (χ3v) is 5.58. The summed E-state index contributed by atoms with van der Waals surface area (Å²) in [6, 6.07) is 6.06. The van der Waals surface area contributed by atoms with E-state index in [4.69, 9.17) is 14.5 Å². The second-order valence-electron chi connectivity index (χ2n) is 7.54. The number of fused-ring (bicyclic) bond motifs is 1. The summed E-state index contributed by atoms with van der Waals surface area (Å²) in [6.45, 7) is 1.41. The number of hydrogen-bond donors (Lipinski definition) is 1. The standard InChI is InChI=1S/C22H27N3O3/c1-27-21-7-6-15(14-23-21)12-16-13-20(25-19-5-3-2-4-18(16)19)22(26)24-17-8-10-28-11-9-17/h6-7,13-14,17H,2-5,8-12H2,1H3,(H,24,26). The van der Waals surface area contributed by atoms with Crippen LogP contribution in [0.2, 0.25) is 0 Å². The van der Waals surface area contributed by atoms with Crippen LogP contribution in [0.4, 0.5) is 0 Å². The Balaban J connectivity index is 1.58.